The number of imidazole rings is 1. The molecule has 0 amide bonds. The number of hydrogen-bond acceptors (Lipinski definition) is 6. The van der Waals surface area contributed by atoms with Gasteiger partial charge in [0.05, 0.1) is 25.2 Å². The Balaban J connectivity index is 1.33. The van der Waals surface area contributed by atoms with Crippen molar-refractivity contribution in [3.63, 3.8) is 0 Å². The number of piperidine rings is 1. The van der Waals surface area contributed by atoms with Gasteiger partial charge in [0.2, 0.25) is 0 Å². The number of likely N-dealkylation sites (tertiary alicyclic amines) is 1. The summed E-state index contributed by atoms with van der Waals surface area (Å²) in [6.07, 6.45) is 6.94. The van der Waals surface area contributed by atoms with Gasteiger partial charge in [0.25, 0.3) is 0 Å². The Bertz CT molecular complexity index is 1360. The maximum absolute atomic E-state index is 10.0. The van der Waals surface area contributed by atoms with Crippen LogP contribution in [0.25, 0.3) is 28.1 Å². The topological polar surface area (TPSA) is 76.3 Å². The van der Waals surface area contributed by atoms with Gasteiger partial charge in [0.1, 0.15) is 11.3 Å². The largest absolute Gasteiger partial charge is 0.508 e. The lowest BCUT2D eigenvalue weighted by Gasteiger charge is -2.32. The van der Waals surface area contributed by atoms with E-state index in [2.05, 4.69) is 45.9 Å². The minimum absolute atomic E-state index is 0.206. The summed E-state index contributed by atoms with van der Waals surface area (Å²) in [5, 5.41) is 10.0. The number of aromatic hydroxyl groups is 1. The van der Waals surface area contributed by atoms with Gasteiger partial charge in [-0.25, -0.2) is 15.0 Å². The number of phenols is 1. The van der Waals surface area contributed by atoms with Gasteiger partial charge in [-0.3, -0.25) is 4.90 Å². The van der Waals surface area contributed by atoms with Crippen LogP contribution in [0.1, 0.15) is 36.6 Å². The van der Waals surface area contributed by atoms with E-state index in [-0.39, 0.29) is 5.75 Å². The molecule has 6 rings (SSSR count). The monoisotopic (exact) mass is 467 g/mol. The van der Waals surface area contributed by atoms with Crippen LogP contribution in [-0.2, 0) is 11.3 Å². The number of benzene rings is 2. The van der Waals surface area contributed by atoms with Gasteiger partial charge in [-0.15, -0.1) is 0 Å². The van der Waals surface area contributed by atoms with Crippen molar-refractivity contribution in [1.29, 1.82) is 0 Å². The van der Waals surface area contributed by atoms with Crippen molar-refractivity contribution in [1.82, 2.24) is 24.4 Å². The van der Waals surface area contributed by atoms with Crippen LogP contribution in [0.3, 0.4) is 0 Å². The summed E-state index contributed by atoms with van der Waals surface area (Å²) in [7, 11) is 0. The van der Waals surface area contributed by atoms with Gasteiger partial charge >= 0.3 is 0 Å². The molecule has 7 nitrogen and oxygen atoms in total. The first-order valence-corrected chi connectivity index (χ1v) is 12.3. The highest BCUT2D eigenvalue weighted by Crippen LogP contribution is 2.32. The molecule has 2 aromatic carbocycles. The van der Waals surface area contributed by atoms with Crippen molar-refractivity contribution in [2.45, 2.75) is 31.8 Å². The van der Waals surface area contributed by atoms with E-state index in [0.717, 1.165) is 66.9 Å². The van der Waals surface area contributed by atoms with E-state index in [4.69, 9.17) is 19.7 Å². The third kappa shape index (κ3) is 4.57. The first kappa shape index (κ1) is 21.9. The minimum Gasteiger partial charge on any atom is -0.508 e. The van der Waals surface area contributed by atoms with E-state index in [9.17, 15) is 5.11 Å². The number of hydrogen-bond donors (Lipinski definition) is 1. The van der Waals surface area contributed by atoms with Crippen molar-refractivity contribution >= 4 is 16.7 Å². The molecule has 35 heavy (non-hydrogen) atoms. The molecule has 0 spiro atoms. The molecule has 4 aromatic rings. The Hall–Kier alpha value is -3.55. The lowest BCUT2D eigenvalue weighted by Crippen LogP contribution is -2.34. The van der Waals surface area contributed by atoms with Crippen LogP contribution >= 0.6 is 0 Å². The zero-order valence-electron chi connectivity index (χ0n) is 19.7. The van der Waals surface area contributed by atoms with E-state index in [1.165, 1.54) is 5.56 Å². The van der Waals surface area contributed by atoms with Crippen LogP contribution in [0.15, 0.2) is 67.0 Å². The average Bonchev–Trinajstić information content (AvgIpc) is 3.34. The molecular weight excluding hydrogens is 438 g/mol. The maximum Gasteiger partial charge on any atom is 0.164 e. The Morgan fingerprint density at radius 1 is 1.00 bits per heavy atom. The molecule has 0 atom stereocenters. The van der Waals surface area contributed by atoms with Gasteiger partial charge in [-0.05, 0) is 42.5 Å². The number of ether oxygens (including phenoxy) is 1. The summed E-state index contributed by atoms with van der Waals surface area (Å²) >= 11 is 0. The first-order chi connectivity index (χ1) is 17.2. The molecule has 0 saturated carbocycles. The van der Waals surface area contributed by atoms with Crippen molar-refractivity contribution in [3.8, 4) is 17.1 Å². The lowest BCUT2D eigenvalue weighted by atomic mass is 10.0. The van der Waals surface area contributed by atoms with Gasteiger partial charge < -0.3 is 14.4 Å². The van der Waals surface area contributed by atoms with Crippen LogP contribution in [0.5, 0.6) is 5.75 Å². The fraction of sp³-hybridized carbons (Fsp3) is 0.321. The fourth-order valence-corrected chi connectivity index (χ4v) is 5.12. The molecule has 0 aliphatic carbocycles. The molecule has 0 unspecified atom stereocenters. The summed E-state index contributed by atoms with van der Waals surface area (Å²) in [5.41, 5.74) is 5.88. The van der Waals surface area contributed by atoms with Crippen molar-refractivity contribution in [3.05, 3.63) is 78.3 Å². The third-order valence-electron chi connectivity index (χ3n) is 6.99. The molecule has 2 aliphatic heterocycles. The second-order valence-electron chi connectivity index (χ2n) is 9.32. The Morgan fingerprint density at radius 2 is 1.86 bits per heavy atom. The quantitative estimate of drug-likeness (QED) is 0.453. The Morgan fingerprint density at radius 3 is 2.63 bits per heavy atom. The zero-order valence-corrected chi connectivity index (χ0v) is 19.7. The van der Waals surface area contributed by atoms with Crippen LogP contribution in [0.2, 0.25) is 0 Å². The number of rotatable bonds is 5. The second kappa shape index (κ2) is 9.60. The lowest BCUT2D eigenvalue weighted by molar-refractivity contribution is 0.161. The molecule has 4 heterocycles. The fourth-order valence-electron chi connectivity index (χ4n) is 5.12. The summed E-state index contributed by atoms with van der Waals surface area (Å²) in [4.78, 5) is 17.2. The van der Waals surface area contributed by atoms with Crippen LogP contribution in [0.4, 0.5) is 0 Å². The molecule has 0 bridgehead atoms. The predicted molar refractivity (Wildman–Crippen MR) is 136 cm³/mol. The zero-order chi connectivity index (χ0) is 23.6. The third-order valence-corrected chi connectivity index (χ3v) is 6.99. The first-order valence-electron chi connectivity index (χ1n) is 12.3. The van der Waals surface area contributed by atoms with Gasteiger partial charge in [-0.1, -0.05) is 48.5 Å². The number of fused-ring (bicyclic) bond motifs is 1. The van der Waals surface area contributed by atoms with Crippen LogP contribution in [0, 0.1) is 0 Å². The number of phenolic OH excluding ortho intramolecular Hbond substituents is 1. The van der Waals surface area contributed by atoms with Crippen molar-refractivity contribution < 1.29 is 9.84 Å². The summed E-state index contributed by atoms with van der Waals surface area (Å²) in [6, 6.07) is 18.2. The van der Waals surface area contributed by atoms with Crippen LogP contribution < -0.4 is 0 Å². The minimum atomic E-state index is 0.206. The molecule has 7 heteroatoms. The van der Waals surface area contributed by atoms with Crippen molar-refractivity contribution in [2.24, 2.45) is 0 Å². The molecule has 178 valence electrons. The van der Waals surface area contributed by atoms with Crippen LogP contribution in [-0.4, -0.2) is 55.8 Å². The standard InChI is InChI=1S/C28H29N5O2/c34-24-8-4-7-22(17-24)27-30-25(21-11-15-35-16-12-21)26-28(31-27)33(19-29-26)23-9-13-32(14-10-23)18-20-5-2-1-3-6-20/h1-8,11,17,19,23,34H,9-10,12-16,18H2. The van der Waals surface area contributed by atoms with E-state index in [0.29, 0.717) is 25.1 Å². The highest BCUT2D eigenvalue weighted by molar-refractivity contribution is 5.87. The normalized spacial score (nSPS) is 17.5. The van der Waals surface area contributed by atoms with Crippen molar-refractivity contribution in [2.75, 3.05) is 26.3 Å². The molecule has 2 aliphatic rings. The maximum atomic E-state index is 10.0. The molecule has 1 saturated heterocycles. The Kier molecular flexibility index (Phi) is 6.02. The van der Waals surface area contributed by atoms with E-state index in [1.54, 1.807) is 12.1 Å². The highest BCUT2D eigenvalue weighted by atomic mass is 16.5. The van der Waals surface area contributed by atoms with Gasteiger partial charge in [0.15, 0.2) is 11.5 Å². The molecule has 1 fully saturated rings. The number of aromatic nitrogens is 4. The molecular formula is C28H29N5O2. The van der Waals surface area contributed by atoms with Gasteiger partial charge in [-0.2, -0.15) is 0 Å². The summed E-state index contributed by atoms with van der Waals surface area (Å²) < 4.78 is 7.78. The second-order valence-corrected chi connectivity index (χ2v) is 9.32. The molecule has 1 N–H and O–H groups in total. The van der Waals surface area contributed by atoms with E-state index in [1.807, 2.05) is 18.5 Å². The van der Waals surface area contributed by atoms with Gasteiger partial charge in [0, 0.05) is 31.2 Å². The molecule has 0 radical (unpaired) electrons. The summed E-state index contributed by atoms with van der Waals surface area (Å²) in [6.45, 7) is 4.34. The van der Waals surface area contributed by atoms with E-state index >= 15 is 0 Å². The molecule has 2 aromatic heterocycles. The highest BCUT2D eigenvalue weighted by Gasteiger charge is 2.25. The summed E-state index contributed by atoms with van der Waals surface area (Å²) in [5.74, 6) is 0.816. The smallest absolute Gasteiger partial charge is 0.164 e. The average molecular weight is 468 g/mol. The van der Waals surface area contributed by atoms with E-state index < -0.39 is 0 Å². The predicted octanol–water partition coefficient (Wildman–Crippen LogP) is 4.84. The Labute approximate surface area is 204 Å². The SMILES string of the molecule is Oc1cccc(-c2nc(C3=CCOCC3)c3ncn(C4CCN(Cc5ccccc5)CC4)c3n2)c1. The number of nitrogens with zero attached hydrogens (tertiary/aromatic N) is 5.